The van der Waals surface area contributed by atoms with Gasteiger partial charge in [-0.3, -0.25) is 4.99 Å². The molecule has 2 aliphatic rings. The minimum Gasteiger partial charge on any atom is -0.498 e. The summed E-state index contributed by atoms with van der Waals surface area (Å²) in [6.07, 6.45) is 8.96. The first-order chi connectivity index (χ1) is 25.9. The minimum absolute atomic E-state index is 0.0772. The van der Waals surface area contributed by atoms with Gasteiger partial charge in [-0.05, 0) is 60.2 Å². The van der Waals surface area contributed by atoms with Gasteiger partial charge in [0, 0.05) is 60.0 Å². The van der Waals surface area contributed by atoms with Crippen LogP contribution in [0.15, 0.2) is 90.2 Å². The number of anilines is 3. The molecular formula is C40H42ClN7O5. The number of halogens is 1. The Hall–Kier alpha value is -5.45. The first-order valence-electron chi connectivity index (χ1n) is 17.3. The summed E-state index contributed by atoms with van der Waals surface area (Å²) in [5, 5.41) is 35.5. The van der Waals surface area contributed by atoms with Gasteiger partial charge in [0.1, 0.15) is 42.7 Å². The second-order valence-electron chi connectivity index (χ2n) is 12.8. The van der Waals surface area contributed by atoms with Crippen LogP contribution >= 0.6 is 11.6 Å². The summed E-state index contributed by atoms with van der Waals surface area (Å²) >= 11 is 6.76. The Morgan fingerprint density at radius 2 is 1.83 bits per heavy atom. The molecule has 4 aromatic rings. The summed E-state index contributed by atoms with van der Waals surface area (Å²) in [5.74, 6) is 2.38. The monoisotopic (exact) mass is 735 g/mol. The fourth-order valence-corrected chi connectivity index (χ4v) is 6.32. The molecule has 0 amide bonds. The molecule has 4 N–H and O–H groups in total. The van der Waals surface area contributed by atoms with E-state index in [-0.39, 0.29) is 32.3 Å². The Morgan fingerprint density at radius 3 is 2.60 bits per heavy atom. The molecule has 0 spiro atoms. The number of aliphatic hydroxyl groups is 2. The number of allylic oxidation sites excluding steroid dienone is 1. The van der Waals surface area contributed by atoms with Crippen molar-refractivity contribution >= 4 is 35.1 Å². The number of hydrogen-bond acceptors (Lipinski definition) is 12. The van der Waals surface area contributed by atoms with Gasteiger partial charge in [0.15, 0.2) is 0 Å². The van der Waals surface area contributed by atoms with Crippen molar-refractivity contribution in [2.45, 2.75) is 39.5 Å². The van der Waals surface area contributed by atoms with Crippen LogP contribution in [0.25, 0.3) is 11.1 Å². The summed E-state index contributed by atoms with van der Waals surface area (Å²) in [6, 6.07) is 19.4. The SMILES string of the molecule is Cc1c(COc2cc(OCC3C=NC=C(C#N)C3)c(CNC(CO)CO)cc2Cl)cccc1-c1cccc(Nc2cc(N3C=COCC3)ncn2)c1C. The number of nitrogens with zero attached hydrogens (tertiary/aromatic N) is 5. The molecule has 0 aliphatic carbocycles. The van der Waals surface area contributed by atoms with Crippen molar-refractivity contribution in [1.29, 1.82) is 5.26 Å². The zero-order chi connectivity index (χ0) is 37.2. The summed E-state index contributed by atoms with van der Waals surface area (Å²) in [5.41, 5.74) is 7.55. The van der Waals surface area contributed by atoms with Gasteiger partial charge in [0.05, 0.1) is 49.8 Å². The second kappa shape index (κ2) is 17.9. The van der Waals surface area contributed by atoms with Gasteiger partial charge < -0.3 is 40.0 Å². The molecular weight excluding hydrogens is 694 g/mol. The average molecular weight is 736 g/mol. The van der Waals surface area contributed by atoms with Gasteiger partial charge in [-0.25, -0.2) is 9.97 Å². The maximum atomic E-state index is 9.57. The van der Waals surface area contributed by atoms with E-state index >= 15 is 0 Å². The van der Waals surface area contributed by atoms with Crippen LogP contribution in [0.1, 0.15) is 28.7 Å². The molecule has 1 aromatic heterocycles. The molecule has 1 atom stereocenters. The molecule has 3 heterocycles. The van der Waals surface area contributed by atoms with Crippen LogP contribution in [0.4, 0.5) is 17.3 Å². The molecule has 12 nitrogen and oxygen atoms in total. The standard InChI is InChI=1S/C40H42ClN7O5/c1-26-30(5-3-6-33(26)34-7-4-8-36(27(34)2)47-39-16-40(46-25-45-39)48-9-11-51-12-10-48)24-53-38-15-37(52-23-29-13-28(17-42)18-43-19-29)31(14-35(38)41)20-44-32(21-49)22-50/h3-9,11,14-16,18-19,25,29,32,44,49-50H,10,12-13,20-24H2,1-2H3,(H,45,46,47). The van der Waals surface area contributed by atoms with Crippen molar-refractivity contribution in [1.82, 2.24) is 15.3 Å². The molecule has 1 unspecified atom stereocenters. The van der Waals surface area contributed by atoms with Crippen molar-refractivity contribution in [2.24, 2.45) is 10.9 Å². The zero-order valence-electron chi connectivity index (χ0n) is 29.6. The molecule has 3 aromatic carbocycles. The fraction of sp³-hybridized carbons (Fsp3) is 0.300. The Labute approximate surface area is 314 Å². The maximum absolute atomic E-state index is 9.57. The van der Waals surface area contributed by atoms with Crippen molar-refractivity contribution in [3.05, 3.63) is 112 Å². The van der Waals surface area contributed by atoms with E-state index in [1.54, 1.807) is 37.1 Å². The largest absolute Gasteiger partial charge is 0.498 e. The number of hydrogen-bond donors (Lipinski definition) is 4. The van der Waals surface area contributed by atoms with E-state index < -0.39 is 6.04 Å². The van der Waals surface area contributed by atoms with Crippen LogP contribution in [0.2, 0.25) is 5.02 Å². The molecule has 13 heteroatoms. The van der Waals surface area contributed by atoms with Crippen LogP contribution < -0.4 is 25.0 Å². The van der Waals surface area contributed by atoms with E-state index in [1.165, 1.54) is 0 Å². The van der Waals surface area contributed by atoms with Crippen LogP contribution in [-0.2, 0) is 17.9 Å². The molecule has 0 bridgehead atoms. The number of nitrogens with one attached hydrogen (secondary N) is 2. The Bertz CT molecular complexity index is 2040. The molecule has 274 valence electrons. The van der Waals surface area contributed by atoms with Gasteiger partial charge >= 0.3 is 0 Å². The lowest BCUT2D eigenvalue weighted by Gasteiger charge is -2.22. The highest BCUT2D eigenvalue weighted by molar-refractivity contribution is 6.32. The Morgan fingerprint density at radius 1 is 1.02 bits per heavy atom. The van der Waals surface area contributed by atoms with Gasteiger partial charge in [-0.2, -0.15) is 5.26 Å². The lowest BCUT2D eigenvalue weighted by atomic mass is 9.93. The summed E-state index contributed by atoms with van der Waals surface area (Å²) < 4.78 is 17.9. The van der Waals surface area contributed by atoms with Crippen molar-refractivity contribution in [3.63, 3.8) is 0 Å². The quantitative estimate of drug-likeness (QED) is 0.108. The number of nitriles is 1. The predicted molar refractivity (Wildman–Crippen MR) is 205 cm³/mol. The third kappa shape index (κ3) is 9.32. The smallest absolute Gasteiger partial charge is 0.142 e. The molecule has 6 rings (SSSR count). The maximum Gasteiger partial charge on any atom is 0.142 e. The van der Waals surface area contributed by atoms with Crippen molar-refractivity contribution in [2.75, 3.05) is 43.2 Å². The van der Waals surface area contributed by atoms with Crippen molar-refractivity contribution in [3.8, 4) is 28.7 Å². The van der Waals surface area contributed by atoms with E-state index in [2.05, 4.69) is 57.6 Å². The summed E-state index contributed by atoms with van der Waals surface area (Å²) in [4.78, 5) is 15.1. The molecule has 0 saturated heterocycles. The number of aromatic nitrogens is 2. The van der Waals surface area contributed by atoms with Gasteiger partial charge in [0.2, 0.25) is 0 Å². The highest BCUT2D eigenvalue weighted by atomic mass is 35.5. The molecule has 0 radical (unpaired) electrons. The van der Waals surface area contributed by atoms with E-state index in [1.807, 2.05) is 41.4 Å². The number of benzene rings is 3. The summed E-state index contributed by atoms with van der Waals surface area (Å²) in [6.45, 7) is 5.87. The molecule has 2 aliphatic heterocycles. The van der Waals surface area contributed by atoms with Crippen LogP contribution in [-0.4, -0.2) is 65.4 Å². The highest BCUT2D eigenvalue weighted by Gasteiger charge is 2.19. The van der Waals surface area contributed by atoms with E-state index in [4.69, 9.17) is 25.8 Å². The number of rotatable bonds is 15. The summed E-state index contributed by atoms with van der Waals surface area (Å²) in [7, 11) is 0. The number of ether oxygens (including phenoxy) is 3. The van der Waals surface area contributed by atoms with Gasteiger partial charge in [0.25, 0.3) is 0 Å². The Balaban J connectivity index is 1.19. The van der Waals surface area contributed by atoms with Gasteiger partial charge in [-0.15, -0.1) is 0 Å². The molecule has 0 saturated carbocycles. The molecule has 0 fully saturated rings. The normalized spacial score (nSPS) is 15.2. The second-order valence-corrected chi connectivity index (χ2v) is 13.2. The van der Waals surface area contributed by atoms with Gasteiger partial charge in [-0.1, -0.05) is 41.9 Å². The third-order valence-corrected chi connectivity index (χ3v) is 9.49. The molecule has 53 heavy (non-hydrogen) atoms. The Kier molecular flexibility index (Phi) is 12.6. The van der Waals surface area contributed by atoms with Crippen LogP contribution in [0.5, 0.6) is 11.5 Å². The lowest BCUT2D eigenvalue weighted by molar-refractivity contribution is 0.169. The van der Waals surface area contributed by atoms with E-state index in [0.29, 0.717) is 54.0 Å². The predicted octanol–water partition coefficient (Wildman–Crippen LogP) is 6.36. The van der Waals surface area contributed by atoms with Crippen molar-refractivity contribution < 1.29 is 24.4 Å². The fourth-order valence-electron chi connectivity index (χ4n) is 6.08. The van der Waals surface area contributed by atoms with Crippen LogP contribution in [0.3, 0.4) is 0 Å². The zero-order valence-corrected chi connectivity index (χ0v) is 30.4. The number of aliphatic imine (C=N–C) groups is 1. The number of aliphatic hydroxyl groups excluding tert-OH is 2. The first-order valence-corrected chi connectivity index (χ1v) is 17.7. The third-order valence-electron chi connectivity index (χ3n) is 9.19. The first kappa shape index (κ1) is 37.3. The average Bonchev–Trinajstić information content (AvgIpc) is 3.19. The minimum atomic E-state index is -0.500. The highest BCUT2D eigenvalue weighted by Crippen LogP contribution is 2.36. The van der Waals surface area contributed by atoms with E-state index in [9.17, 15) is 15.5 Å². The topological polar surface area (TPSA) is 157 Å². The lowest BCUT2D eigenvalue weighted by Crippen LogP contribution is -2.35. The van der Waals surface area contributed by atoms with Crippen LogP contribution in [0, 0.1) is 31.1 Å². The van der Waals surface area contributed by atoms with E-state index in [0.717, 1.165) is 44.9 Å².